The van der Waals surface area contributed by atoms with E-state index in [0.29, 0.717) is 24.3 Å². The van der Waals surface area contributed by atoms with Crippen LogP contribution >= 0.6 is 0 Å². The van der Waals surface area contributed by atoms with Crippen LogP contribution in [0, 0.1) is 0 Å². The van der Waals surface area contributed by atoms with E-state index in [9.17, 15) is 9.59 Å². The Morgan fingerprint density at radius 2 is 1.87 bits per heavy atom. The van der Waals surface area contributed by atoms with Crippen molar-refractivity contribution in [1.29, 1.82) is 0 Å². The standard InChI is InChI=1S/C13H19NO.C4H4O4/c1-14-12(13-8-5-9-15-13)10-11-6-3-2-4-7-11;5-3(6)1-2-4(7)8/h2-4,6-7,12-14H,5,8-10H2,1H3;1-2H,(H,5,6)(H,7,8)/b;2-1+. The van der Waals surface area contributed by atoms with Gasteiger partial charge in [-0.25, -0.2) is 9.59 Å². The molecule has 0 bridgehead atoms. The molecule has 0 radical (unpaired) electrons. The molecule has 2 unspecified atom stereocenters. The number of carboxylic acids is 2. The fourth-order valence-corrected chi connectivity index (χ4v) is 2.35. The molecule has 3 N–H and O–H groups in total. The molecule has 0 amide bonds. The van der Waals surface area contributed by atoms with Gasteiger partial charge in [-0.15, -0.1) is 0 Å². The van der Waals surface area contributed by atoms with Crippen molar-refractivity contribution in [3.05, 3.63) is 48.0 Å². The Hall–Kier alpha value is -2.18. The van der Waals surface area contributed by atoms with Gasteiger partial charge in [-0.3, -0.25) is 0 Å². The van der Waals surface area contributed by atoms with E-state index in [1.807, 2.05) is 7.05 Å². The highest BCUT2D eigenvalue weighted by Gasteiger charge is 2.24. The number of carbonyl (C=O) groups is 2. The quantitative estimate of drug-likeness (QED) is 0.690. The third-order valence-corrected chi connectivity index (χ3v) is 3.45. The first-order valence-corrected chi connectivity index (χ1v) is 7.49. The zero-order valence-electron chi connectivity index (χ0n) is 13.1. The van der Waals surface area contributed by atoms with E-state index in [1.54, 1.807) is 0 Å². The number of nitrogens with one attached hydrogen (secondary N) is 1. The molecule has 1 heterocycles. The lowest BCUT2D eigenvalue weighted by Gasteiger charge is -2.22. The summed E-state index contributed by atoms with van der Waals surface area (Å²) in [4.78, 5) is 19.1. The topological polar surface area (TPSA) is 95.9 Å². The molecule has 0 saturated carbocycles. The van der Waals surface area contributed by atoms with E-state index < -0.39 is 11.9 Å². The number of benzene rings is 1. The number of likely N-dealkylation sites (N-methyl/N-ethyl adjacent to an activating group) is 1. The number of rotatable bonds is 6. The van der Waals surface area contributed by atoms with E-state index in [2.05, 4.69) is 35.6 Å². The van der Waals surface area contributed by atoms with Gasteiger partial charge in [0.05, 0.1) is 6.10 Å². The predicted octanol–water partition coefficient (Wildman–Crippen LogP) is 1.71. The normalized spacial score (nSPS) is 18.2. The van der Waals surface area contributed by atoms with Crippen LogP contribution in [0.2, 0.25) is 0 Å². The van der Waals surface area contributed by atoms with Crippen molar-refractivity contribution in [2.24, 2.45) is 0 Å². The second-order valence-corrected chi connectivity index (χ2v) is 5.15. The van der Waals surface area contributed by atoms with Gasteiger partial charge in [0.15, 0.2) is 0 Å². The Bertz CT molecular complexity index is 493. The lowest BCUT2D eigenvalue weighted by Crippen LogP contribution is -2.39. The SMILES string of the molecule is CNC(Cc1ccccc1)C1CCCO1.O=C(O)/C=C/C(=O)O. The monoisotopic (exact) mass is 321 g/mol. The van der Waals surface area contributed by atoms with Crippen molar-refractivity contribution < 1.29 is 24.5 Å². The largest absolute Gasteiger partial charge is 0.478 e. The number of ether oxygens (including phenoxy) is 1. The maximum absolute atomic E-state index is 9.55. The molecule has 0 spiro atoms. The molecule has 0 aromatic heterocycles. The van der Waals surface area contributed by atoms with E-state index in [0.717, 1.165) is 13.0 Å². The zero-order valence-corrected chi connectivity index (χ0v) is 13.1. The average molecular weight is 321 g/mol. The van der Waals surface area contributed by atoms with Crippen LogP contribution in [0.15, 0.2) is 42.5 Å². The summed E-state index contributed by atoms with van der Waals surface area (Å²) in [5.74, 6) is -2.51. The predicted molar refractivity (Wildman–Crippen MR) is 86.4 cm³/mol. The summed E-state index contributed by atoms with van der Waals surface area (Å²) in [6.07, 6.45) is 4.97. The fraction of sp³-hybridized carbons (Fsp3) is 0.412. The Balaban J connectivity index is 0.000000284. The highest BCUT2D eigenvalue weighted by atomic mass is 16.5. The molecule has 6 heteroatoms. The van der Waals surface area contributed by atoms with Crippen molar-refractivity contribution in [2.45, 2.75) is 31.4 Å². The zero-order chi connectivity index (χ0) is 17.1. The summed E-state index contributed by atoms with van der Waals surface area (Å²) in [7, 11) is 2.02. The maximum Gasteiger partial charge on any atom is 0.328 e. The van der Waals surface area contributed by atoms with Gasteiger partial charge in [-0.1, -0.05) is 30.3 Å². The Kier molecular flexibility index (Phi) is 8.64. The molecule has 2 atom stereocenters. The second kappa shape index (κ2) is 10.5. The summed E-state index contributed by atoms with van der Waals surface area (Å²) >= 11 is 0. The number of hydrogen-bond donors (Lipinski definition) is 3. The van der Waals surface area contributed by atoms with Crippen molar-refractivity contribution in [3.8, 4) is 0 Å². The van der Waals surface area contributed by atoms with Gasteiger partial charge in [-0.2, -0.15) is 0 Å². The van der Waals surface area contributed by atoms with Crippen molar-refractivity contribution in [1.82, 2.24) is 5.32 Å². The third-order valence-electron chi connectivity index (χ3n) is 3.45. The minimum atomic E-state index is -1.26. The van der Waals surface area contributed by atoms with Crippen molar-refractivity contribution >= 4 is 11.9 Å². The van der Waals surface area contributed by atoms with Crippen LogP contribution < -0.4 is 5.32 Å². The molecule has 1 fully saturated rings. The molecule has 1 saturated heterocycles. The first-order valence-electron chi connectivity index (χ1n) is 7.49. The Labute approximate surface area is 135 Å². The lowest BCUT2D eigenvalue weighted by atomic mass is 10.00. The summed E-state index contributed by atoms with van der Waals surface area (Å²) in [6.45, 7) is 0.928. The lowest BCUT2D eigenvalue weighted by molar-refractivity contribution is -0.134. The van der Waals surface area contributed by atoms with Crippen molar-refractivity contribution in [3.63, 3.8) is 0 Å². The van der Waals surface area contributed by atoms with Crippen molar-refractivity contribution in [2.75, 3.05) is 13.7 Å². The maximum atomic E-state index is 9.55. The molecule has 6 nitrogen and oxygen atoms in total. The van der Waals surface area contributed by atoms with E-state index in [-0.39, 0.29) is 0 Å². The first kappa shape index (κ1) is 18.9. The average Bonchev–Trinajstić information content (AvgIpc) is 3.06. The minimum absolute atomic E-state index is 0.398. The smallest absolute Gasteiger partial charge is 0.328 e. The summed E-state index contributed by atoms with van der Waals surface area (Å²) in [6, 6.07) is 11.1. The van der Waals surface area contributed by atoms with Gasteiger partial charge in [0.2, 0.25) is 0 Å². The molecule has 1 aliphatic rings. The van der Waals surface area contributed by atoms with E-state index >= 15 is 0 Å². The molecular formula is C17H23NO5. The minimum Gasteiger partial charge on any atom is -0.478 e. The molecule has 126 valence electrons. The Morgan fingerprint density at radius 1 is 1.26 bits per heavy atom. The molecule has 23 heavy (non-hydrogen) atoms. The highest BCUT2D eigenvalue weighted by Crippen LogP contribution is 2.18. The van der Waals surface area contributed by atoms with Crippen LogP contribution in [0.25, 0.3) is 0 Å². The molecular weight excluding hydrogens is 298 g/mol. The highest BCUT2D eigenvalue weighted by molar-refractivity contribution is 5.89. The van der Waals surface area contributed by atoms with Gasteiger partial charge in [0.25, 0.3) is 0 Å². The van der Waals surface area contributed by atoms with Crippen LogP contribution in [0.4, 0.5) is 0 Å². The summed E-state index contributed by atoms with van der Waals surface area (Å²) < 4.78 is 5.72. The van der Waals surface area contributed by atoms with Gasteiger partial charge in [-0.05, 0) is 31.9 Å². The molecule has 2 rings (SSSR count). The number of hydrogen-bond acceptors (Lipinski definition) is 4. The van der Waals surface area contributed by atoms with Crippen LogP contribution in [0.3, 0.4) is 0 Å². The first-order chi connectivity index (χ1) is 11.0. The summed E-state index contributed by atoms with van der Waals surface area (Å²) in [5, 5.41) is 19.0. The van der Waals surface area contributed by atoms with Gasteiger partial charge < -0.3 is 20.3 Å². The third kappa shape index (κ3) is 8.13. The van der Waals surface area contributed by atoms with E-state index in [1.165, 1.54) is 18.4 Å². The summed E-state index contributed by atoms with van der Waals surface area (Å²) in [5.41, 5.74) is 1.38. The van der Waals surface area contributed by atoms with Gasteiger partial charge >= 0.3 is 11.9 Å². The number of carboxylic acid groups (broad SMARTS) is 2. The molecule has 0 aliphatic carbocycles. The van der Waals surface area contributed by atoms with Gasteiger partial charge in [0.1, 0.15) is 0 Å². The van der Waals surface area contributed by atoms with Crippen LogP contribution in [0.5, 0.6) is 0 Å². The van der Waals surface area contributed by atoms with E-state index in [4.69, 9.17) is 14.9 Å². The van der Waals surface area contributed by atoms with Crippen LogP contribution in [-0.2, 0) is 20.7 Å². The molecule has 1 aromatic rings. The fourth-order valence-electron chi connectivity index (χ4n) is 2.35. The van der Waals surface area contributed by atoms with Crippen LogP contribution in [0.1, 0.15) is 18.4 Å². The molecule has 1 aliphatic heterocycles. The number of aliphatic carboxylic acids is 2. The van der Waals surface area contributed by atoms with Crippen LogP contribution in [-0.4, -0.2) is 48.0 Å². The van der Waals surface area contributed by atoms with Gasteiger partial charge in [0, 0.05) is 24.8 Å². The second-order valence-electron chi connectivity index (χ2n) is 5.15. The Morgan fingerprint density at radius 3 is 2.30 bits per heavy atom. The molecule has 1 aromatic carbocycles.